The molecule has 4 rings (SSSR count). The molecule has 1 N–H and O–H groups in total. The van der Waals surface area contributed by atoms with Crippen molar-refractivity contribution in [3.05, 3.63) is 118 Å². The molecule has 0 aliphatic heterocycles. The summed E-state index contributed by atoms with van der Waals surface area (Å²) in [4.78, 5) is 30.0. The van der Waals surface area contributed by atoms with Gasteiger partial charge in [0.25, 0.3) is 10.0 Å². The molecular weight excluding hydrogens is 673 g/mol. The van der Waals surface area contributed by atoms with Gasteiger partial charge in [-0.1, -0.05) is 71.7 Å². The number of amides is 2. The van der Waals surface area contributed by atoms with Crippen LogP contribution in [0.1, 0.15) is 31.9 Å². The molecule has 0 aromatic heterocycles. The Balaban J connectivity index is 1.86. The monoisotopic (exact) mass is 711 g/mol. The molecule has 0 radical (unpaired) electrons. The molecule has 0 fully saturated rings. The maximum atomic E-state index is 14.7. The maximum Gasteiger partial charge on any atom is 0.264 e. The van der Waals surface area contributed by atoms with Gasteiger partial charge in [0.2, 0.25) is 11.8 Å². The first-order valence-corrected chi connectivity index (χ1v) is 17.3. The number of halogens is 2. The number of hydrogen-bond acceptors (Lipinski definition) is 6. The van der Waals surface area contributed by atoms with Crippen LogP contribution in [0.3, 0.4) is 0 Å². The van der Waals surface area contributed by atoms with Crippen LogP contribution < -0.4 is 19.1 Å². The lowest BCUT2D eigenvalue weighted by atomic mass is 10.0. The summed E-state index contributed by atoms with van der Waals surface area (Å²) in [6.07, 6.45) is 0.162. The van der Waals surface area contributed by atoms with Crippen LogP contribution >= 0.6 is 23.2 Å². The number of nitrogens with zero attached hydrogens (tertiary/aromatic N) is 2. The van der Waals surface area contributed by atoms with Crippen molar-refractivity contribution < 1.29 is 27.5 Å². The van der Waals surface area contributed by atoms with Gasteiger partial charge in [-0.2, -0.15) is 0 Å². The predicted molar refractivity (Wildman–Crippen MR) is 189 cm³/mol. The third-order valence-electron chi connectivity index (χ3n) is 7.39. The Hall–Kier alpha value is -4.25. The second-order valence-corrected chi connectivity index (χ2v) is 14.8. The van der Waals surface area contributed by atoms with Crippen LogP contribution in [0.4, 0.5) is 5.69 Å². The van der Waals surface area contributed by atoms with Crippen LogP contribution in [0.2, 0.25) is 10.0 Å². The van der Waals surface area contributed by atoms with E-state index in [1.54, 1.807) is 42.5 Å². The average Bonchev–Trinajstić information content (AvgIpc) is 3.06. The Morgan fingerprint density at radius 1 is 0.812 bits per heavy atom. The zero-order valence-electron chi connectivity index (χ0n) is 27.4. The summed E-state index contributed by atoms with van der Waals surface area (Å²) in [5.74, 6) is -0.323. The van der Waals surface area contributed by atoms with E-state index in [4.69, 9.17) is 32.7 Å². The van der Waals surface area contributed by atoms with E-state index in [1.165, 1.54) is 43.4 Å². The van der Waals surface area contributed by atoms with Gasteiger partial charge in [0.15, 0.2) is 0 Å². The van der Waals surface area contributed by atoms with E-state index in [-0.39, 0.29) is 34.3 Å². The first-order chi connectivity index (χ1) is 22.7. The molecule has 48 heavy (non-hydrogen) atoms. The molecule has 0 spiro atoms. The van der Waals surface area contributed by atoms with Crippen LogP contribution in [0.25, 0.3) is 0 Å². The van der Waals surface area contributed by atoms with Gasteiger partial charge >= 0.3 is 0 Å². The molecule has 0 aliphatic rings. The standard InChI is InChI=1S/C36H39Cl2N3O6S/c1-36(2,3)39-35(43)32(22-25-11-7-6-8-12-25)40(23-26-15-20-29(37)30(38)21-26)34(42)24-41(31-13-9-10-14-33(31)47-5)48(44,45)28-18-16-27(46-4)17-19-28/h6-21,32H,22-24H2,1-5H3,(H,39,43). The molecule has 9 nitrogen and oxygen atoms in total. The highest BCUT2D eigenvalue weighted by Gasteiger charge is 2.36. The number of methoxy groups -OCH3 is 2. The zero-order valence-corrected chi connectivity index (χ0v) is 29.8. The Labute approximate surface area is 292 Å². The van der Waals surface area contributed by atoms with Crippen molar-refractivity contribution in [1.82, 2.24) is 10.2 Å². The van der Waals surface area contributed by atoms with E-state index in [9.17, 15) is 18.0 Å². The number of rotatable bonds is 13. The molecule has 0 saturated heterocycles. The summed E-state index contributed by atoms with van der Waals surface area (Å²) in [7, 11) is -1.45. The van der Waals surface area contributed by atoms with E-state index in [0.29, 0.717) is 16.3 Å². The Kier molecular flexibility index (Phi) is 12.0. The maximum absolute atomic E-state index is 14.7. The normalized spacial score (nSPS) is 12.1. The minimum atomic E-state index is -4.35. The lowest BCUT2D eigenvalue weighted by Gasteiger charge is -2.35. The lowest BCUT2D eigenvalue weighted by molar-refractivity contribution is -0.140. The van der Waals surface area contributed by atoms with E-state index in [1.807, 2.05) is 51.1 Å². The molecule has 4 aromatic carbocycles. The molecular formula is C36H39Cl2N3O6S. The van der Waals surface area contributed by atoms with Crippen molar-refractivity contribution in [2.45, 2.75) is 50.2 Å². The van der Waals surface area contributed by atoms with Gasteiger partial charge in [-0.05, 0) is 80.4 Å². The van der Waals surface area contributed by atoms with E-state index >= 15 is 0 Å². The lowest BCUT2D eigenvalue weighted by Crippen LogP contribution is -2.56. The van der Waals surface area contributed by atoms with E-state index < -0.39 is 40.0 Å². The summed E-state index contributed by atoms with van der Waals surface area (Å²) >= 11 is 12.6. The van der Waals surface area contributed by atoms with Gasteiger partial charge in [-0.25, -0.2) is 8.42 Å². The number of nitrogens with one attached hydrogen (secondary N) is 1. The fraction of sp³-hybridized carbons (Fsp3) is 0.278. The quantitative estimate of drug-likeness (QED) is 0.164. The average molecular weight is 713 g/mol. The van der Waals surface area contributed by atoms with Gasteiger partial charge < -0.3 is 19.7 Å². The summed E-state index contributed by atoms with van der Waals surface area (Å²) in [5, 5.41) is 3.61. The largest absolute Gasteiger partial charge is 0.497 e. The van der Waals surface area contributed by atoms with E-state index in [2.05, 4.69) is 5.32 Å². The number of anilines is 1. The number of hydrogen-bond donors (Lipinski definition) is 1. The SMILES string of the molecule is COc1ccc(S(=O)(=O)N(CC(=O)N(Cc2ccc(Cl)c(Cl)c2)C(Cc2ccccc2)C(=O)NC(C)(C)C)c2ccccc2OC)cc1. The molecule has 2 amide bonds. The highest BCUT2D eigenvalue weighted by atomic mass is 35.5. The molecule has 0 aliphatic carbocycles. The van der Waals surface area contributed by atoms with Crippen molar-refractivity contribution in [3.63, 3.8) is 0 Å². The van der Waals surface area contributed by atoms with Gasteiger partial charge in [0.05, 0.1) is 34.8 Å². The van der Waals surface area contributed by atoms with Crippen LogP contribution in [-0.2, 0) is 32.6 Å². The van der Waals surface area contributed by atoms with Crippen LogP contribution in [-0.4, -0.2) is 57.5 Å². The van der Waals surface area contributed by atoms with Gasteiger partial charge in [0.1, 0.15) is 24.1 Å². The summed E-state index contributed by atoms with van der Waals surface area (Å²) in [5.41, 5.74) is 0.940. The van der Waals surface area contributed by atoms with Crippen molar-refractivity contribution in [3.8, 4) is 11.5 Å². The molecule has 0 bridgehead atoms. The summed E-state index contributed by atoms with van der Waals surface area (Å²) in [6, 6.07) is 25.6. The first kappa shape index (κ1) is 36.6. The summed E-state index contributed by atoms with van der Waals surface area (Å²) < 4.78 is 40.4. The van der Waals surface area contributed by atoms with Crippen LogP contribution in [0.15, 0.2) is 102 Å². The molecule has 1 unspecified atom stereocenters. The number of sulfonamides is 1. The predicted octanol–water partition coefficient (Wildman–Crippen LogP) is 6.76. The highest BCUT2D eigenvalue weighted by molar-refractivity contribution is 7.92. The minimum Gasteiger partial charge on any atom is -0.497 e. The molecule has 4 aromatic rings. The number of carbonyl (C=O) groups is 2. The third-order valence-corrected chi connectivity index (χ3v) is 9.90. The van der Waals surface area contributed by atoms with Gasteiger partial charge in [-0.15, -0.1) is 0 Å². The second-order valence-electron chi connectivity index (χ2n) is 12.1. The molecule has 1 atom stereocenters. The number of ether oxygens (including phenoxy) is 2. The first-order valence-electron chi connectivity index (χ1n) is 15.1. The number of para-hydroxylation sites is 2. The van der Waals surface area contributed by atoms with Crippen molar-refractivity contribution in [1.29, 1.82) is 0 Å². The minimum absolute atomic E-state index is 0.0624. The topological polar surface area (TPSA) is 105 Å². The third kappa shape index (κ3) is 9.21. The van der Waals surface area contributed by atoms with Crippen molar-refractivity contribution in [2.24, 2.45) is 0 Å². The highest BCUT2D eigenvalue weighted by Crippen LogP contribution is 2.33. The molecule has 254 valence electrons. The molecule has 0 heterocycles. The summed E-state index contributed by atoms with van der Waals surface area (Å²) in [6.45, 7) is 4.83. The fourth-order valence-corrected chi connectivity index (χ4v) is 6.81. The molecule has 0 saturated carbocycles. The van der Waals surface area contributed by atoms with Crippen LogP contribution in [0, 0.1) is 0 Å². The molecule has 12 heteroatoms. The second kappa shape index (κ2) is 15.8. The number of carbonyl (C=O) groups excluding carboxylic acids is 2. The van der Waals surface area contributed by atoms with Crippen molar-refractivity contribution >= 4 is 50.7 Å². The zero-order chi connectivity index (χ0) is 35.1. The Bertz CT molecular complexity index is 1830. The van der Waals surface area contributed by atoms with Crippen molar-refractivity contribution in [2.75, 3.05) is 25.1 Å². The number of benzene rings is 4. The smallest absolute Gasteiger partial charge is 0.264 e. The van der Waals surface area contributed by atoms with Gasteiger partial charge in [-0.3, -0.25) is 13.9 Å². The van der Waals surface area contributed by atoms with Gasteiger partial charge in [0, 0.05) is 18.5 Å². The van der Waals surface area contributed by atoms with E-state index in [0.717, 1.165) is 9.87 Å². The Morgan fingerprint density at radius 2 is 1.46 bits per heavy atom. The fourth-order valence-electron chi connectivity index (χ4n) is 5.07. The van der Waals surface area contributed by atoms with Crippen LogP contribution in [0.5, 0.6) is 11.5 Å². The Morgan fingerprint density at radius 3 is 2.06 bits per heavy atom.